The SMILES string of the molecule is O=C(c1ccncc1)N1CC(c2nc(-c3ncccn3)no2)C1. The molecule has 0 saturated carbocycles. The quantitative estimate of drug-likeness (QED) is 0.716. The molecule has 0 spiro atoms. The highest BCUT2D eigenvalue weighted by molar-refractivity contribution is 5.94. The maximum Gasteiger partial charge on any atom is 0.254 e. The molecule has 4 heterocycles. The first-order valence-corrected chi connectivity index (χ1v) is 7.11. The van der Waals surface area contributed by atoms with Crippen LogP contribution in [0.25, 0.3) is 11.6 Å². The Hall–Kier alpha value is -3.16. The summed E-state index contributed by atoms with van der Waals surface area (Å²) in [4.78, 5) is 30.4. The van der Waals surface area contributed by atoms with Crippen LogP contribution >= 0.6 is 0 Å². The molecular weight excluding hydrogens is 296 g/mol. The van der Waals surface area contributed by atoms with Crippen molar-refractivity contribution < 1.29 is 9.32 Å². The van der Waals surface area contributed by atoms with Gasteiger partial charge in [0, 0.05) is 43.4 Å². The molecule has 114 valence electrons. The van der Waals surface area contributed by atoms with Crippen LogP contribution in [0.3, 0.4) is 0 Å². The highest BCUT2D eigenvalue weighted by Crippen LogP contribution is 2.28. The van der Waals surface area contributed by atoms with E-state index in [1.54, 1.807) is 47.9 Å². The van der Waals surface area contributed by atoms with Gasteiger partial charge in [0.15, 0.2) is 0 Å². The normalized spacial score (nSPS) is 14.5. The summed E-state index contributed by atoms with van der Waals surface area (Å²) >= 11 is 0. The number of amides is 1. The highest BCUT2D eigenvalue weighted by atomic mass is 16.5. The van der Waals surface area contributed by atoms with E-state index in [9.17, 15) is 4.79 Å². The van der Waals surface area contributed by atoms with Crippen molar-refractivity contribution in [2.75, 3.05) is 13.1 Å². The summed E-state index contributed by atoms with van der Waals surface area (Å²) in [5.41, 5.74) is 0.627. The van der Waals surface area contributed by atoms with Gasteiger partial charge in [-0.15, -0.1) is 0 Å². The van der Waals surface area contributed by atoms with E-state index in [0.717, 1.165) is 0 Å². The summed E-state index contributed by atoms with van der Waals surface area (Å²) in [7, 11) is 0. The summed E-state index contributed by atoms with van der Waals surface area (Å²) in [6, 6.07) is 5.12. The molecular formula is C15H12N6O2. The smallest absolute Gasteiger partial charge is 0.254 e. The molecule has 4 rings (SSSR count). The van der Waals surface area contributed by atoms with Crippen LogP contribution in [-0.4, -0.2) is 49.0 Å². The Kier molecular flexibility index (Phi) is 3.26. The minimum absolute atomic E-state index is 0.0187. The lowest BCUT2D eigenvalue weighted by molar-refractivity contribution is 0.0569. The maximum atomic E-state index is 12.2. The molecule has 1 aliphatic heterocycles. The van der Waals surface area contributed by atoms with E-state index in [1.165, 1.54) is 0 Å². The number of carbonyl (C=O) groups excluding carboxylic acids is 1. The molecule has 1 fully saturated rings. The lowest BCUT2D eigenvalue weighted by Crippen LogP contribution is -2.48. The van der Waals surface area contributed by atoms with Crippen LogP contribution in [0.15, 0.2) is 47.5 Å². The minimum atomic E-state index is -0.0187. The summed E-state index contributed by atoms with van der Waals surface area (Å²) in [6.07, 6.45) is 6.46. The Labute approximate surface area is 131 Å². The number of aromatic nitrogens is 5. The van der Waals surface area contributed by atoms with E-state index in [2.05, 4.69) is 25.1 Å². The Balaban J connectivity index is 1.43. The van der Waals surface area contributed by atoms with Crippen LogP contribution in [0.4, 0.5) is 0 Å². The molecule has 1 saturated heterocycles. The van der Waals surface area contributed by atoms with Crippen molar-refractivity contribution in [3.05, 3.63) is 54.4 Å². The van der Waals surface area contributed by atoms with Crippen molar-refractivity contribution in [2.45, 2.75) is 5.92 Å². The predicted molar refractivity (Wildman–Crippen MR) is 78.2 cm³/mol. The molecule has 23 heavy (non-hydrogen) atoms. The van der Waals surface area contributed by atoms with Crippen LogP contribution in [0, 0.1) is 0 Å². The van der Waals surface area contributed by atoms with Gasteiger partial charge in [-0.1, -0.05) is 5.16 Å². The number of pyridine rings is 1. The van der Waals surface area contributed by atoms with Crippen molar-refractivity contribution in [3.8, 4) is 11.6 Å². The average Bonchev–Trinajstić information content (AvgIpc) is 3.05. The topological polar surface area (TPSA) is 97.9 Å². The summed E-state index contributed by atoms with van der Waals surface area (Å²) < 4.78 is 5.27. The molecule has 0 atom stereocenters. The maximum absolute atomic E-state index is 12.2. The van der Waals surface area contributed by atoms with Gasteiger partial charge in [-0.05, 0) is 18.2 Å². The Bertz CT molecular complexity index is 814. The second-order valence-electron chi connectivity index (χ2n) is 5.17. The van der Waals surface area contributed by atoms with Gasteiger partial charge in [0.25, 0.3) is 5.91 Å². The van der Waals surface area contributed by atoms with Crippen LogP contribution in [-0.2, 0) is 0 Å². The van der Waals surface area contributed by atoms with Crippen LogP contribution in [0.2, 0.25) is 0 Å². The number of nitrogens with zero attached hydrogens (tertiary/aromatic N) is 6. The first-order valence-electron chi connectivity index (χ1n) is 7.11. The monoisotopic (exact) mass is 308 g/mol. The largest absolute Gasteiger partial charge is 0.338 e. The van der Waals surface area contributed by atoms with Crippen LogP contribution < -0.4 is 0 Å². The Morgan fingerprint density at radius 2 is 1.83 bits per heavy atom. The molecule has 0 aromatic carbocycles. The minimum Gasteiger partial charge on any atom is -0.338 e. The number of carbonyl (C=O) groups is 1. The molecule has 0 aliphatic carbocycles. The molecule has 8 heteroatoms. The fourth-order valence-electron chi connectivity index (χ4n) is 2.38. The van der Waals surface area contributed by atoms with Gasteiger partial charge >= 0.3 is 0 Å². The average molecular weight is 308 g/mol. The highest BCUT2D eigenvalue weighted by Gasteiger charge is 2.36. The summed E-state index contributed by atoms with van der Waals surface area (Å²) in [5.74, 6) is 1.32. The predicted octanol–water partition coefficient (Wildman–Crippen LogP) is 1.16. The van der Waals surface area contributed by atoms with E-state index in [-0.39, 0.29) is 11.8 Å². The fraction of sp³-hybridized carbons (Fsp3) is 0.200. The van der Waals surface area contributed by atoms with Crippen molar-refractivity contribution >= 4 is 5.91 Å². The van der Waals surface area contributed by atoms with E-state index in [0.29, 0.717) is 36.2 Å². The van der Waals surface area contributed by atoms with E-state index in [4.69, 9.17) is 4.52 Å². The van der Waals surface area contributed by atoms with E-state index < -0.39 is 0 Å². The zero-order valence-electron chi connectivity index (χ0n) is 12.0. The van der Waals surface area contributed by atoms with Gasteiger partial charge in [-0.2, -0.15) is 4.98 Å². The molecule has 0 N–H and O–H groups in total. The number of rotatable bonds is 3. The zero-order chi connectivity index (χ0) is 15.6. The second-order valence-corrected chi connectivity index (χ2v) is 5.17. The second kappa shape index (κ2) is 5.56. The molecule has 8 nitrogen and oxygen atoms in total. The van der Waals surface area contributed by atoms with Gasteiger partial charge in [0.2, 0.25) is 17.5 Å². The third-order valence-electron chi connectivity index (χ3n) is 3.65. The lowest BCUT2D eigenvalue weighted by atomic mass is 9.99. The molecule has 0 bridgehead atoms. The fourth-order valence-corrected chi connectivity index (χ4v) is 2.38. The molecule has 1 amide bonds. The van der Waals surface area contributed by atoms with Gasteiger partial charge in [0.1, 0.15) is 0 Å². The van der Waals surface area contributed by atoms with Gasteiger partial charge in [-0.25, -0.2) is 9.97 Å². The molecule has 3 aromatic heterocycles. The van der Waals surface area contributed by atoms with Gasteiger partial charge < -0.3 is 9.42 Å². The Morgan fingerprint density at radius 3 is 2.57 bits per heavy atom. The number of likely N-dealkylation sites (tertiary alicyclic amines) is 1. The Morgan fingerprint density at radius 1 is 1.09 bits per heavy atom. The van der Waals surface area contributed by atoms with Crippen LogP contribution in [0.5, 0.6) is 0 Å². The molecule has 3 aromatic rings. The standard InChI is InChI=1S/C15H12N6O2/c22-15(10-2-6-16-7-3-10)21-8-11(9-21)14-19-13(20-23-14)12-17-4-1-5-18-12/h1-7,11H,8-9H2. The van der Waals surface area contributed by atoms with Gasteiger partial charge in [-0.3, -0.25) is 9.78 Å². The first-order chi connectivity index (χ1) is 11.3. The zero-order valence-corrected chi connectivity index (χ0v) is 12.0. The first kappa shape index (κ1) is 13.5. The molecule has 0 unspecified atom stereocenters. The summed E-state index contributed by atoms with van der Waals surface area (Å²) in [6.45, 7) is 1.11. The molecule has 1 aliphatic rings. The molecule has 0 radical (unpaired) electrons. The van der Waals surface area contributed by atoms with Crippen molar-refractivity contribution in [1.29, 1.82) is 0 Å². The lowest BCUT2D eigenvalue weighted by Gasteiger charge is -2.37. The number of hydrogen-bond donors (Lipinski definition) is 0. The van der Waals surface area contributed by atoms with E-state index >= 15 is 0 Å². The van der Waals surface area contributed by atoms with Crippen molar-refractivity contribution in [1.82, 2.24) is 30.0 Å². The van der Waals surface area contributed by atoms with Crippen molar-refractivity contribution in [3.63, 3.8) is 0 Å². The third kappa shape index (κ3) is 2.54. The number of hydrogen-bond acceptors (Lipinski definition) is 7. The van der Waals surface area contributed by atoms with Crippen molar-refractivity contribution in [2.24, 2.45) is 0 Å². The summed E-state index contributed by atoms with van der Waals surface area (Å²) in [5, 5.41) is 3.89. The van der Waals surface area contributed by atoms with Gasteiger partial charge in [0.05, 0.1) is 5.92 Å². The third-order valence-corrected chi connectivity index (χ3v) is 3.65. The van der Waals surface area contributed by atoms with Crippen LogP contribution in [0.1, 0.15) is 22.2 Å². The van der Waals surface area contributed by atoms with E-state index in [1.807, 2.05) is 0 Å².